The van der Waals surface area contributed by atoms with Gasteiger partial charge >= 0.3 is 0 Å². The van der Waals surface area contributed by atoms with Crippen LogP contribution in [0.3, 0.4) is 0 Å². The molecule has 1 saturated carbocycles. The lowest BCUT2D eigenvalue weighted by atomic mass is 9.97. The first-order valence-corrected chi connectivity index (χ1v) is 12.1. The Kier molecular flexibility index (Phi) is 5.72. The fourth-order valence-corrected chi connectivity index (χ4v) is 5.04. The molecular formula is C25H33FN6O. The van der Waals surface area contributed by atoms with Gasteiger partial charge in [0, 0.05) is 31.4 Å². The minimum absolute atomic E-state index is 0.0610. The van der Waals surface area contributed by atoms with E-state index in [2.05, 4.69) is 29.0 Å². The Morgan fingerprint density at radius 3 is 2.70 bits per heavy atom. The number of anilines is 3. The summed E-state index contributed by atoms with van der Waals surface area (Å²) in [7, 11) is 0. The zero-order chi connectivity index (χ0) is 23.2. The highest BCUT2D eigenvalue weighted by Gasteiger charge is 2.59. The molecule has 1 spiro atoms. The normalized spacial score (nSPS) is 19.5. The summed E-state index contributed by atoms with van der Waals surface area (Å²) < 4.78 is 14.1. The van der Waals surface area contributed by atoms with Crippen LogP contribution in [0.2, 0.25) is 0 Å². The molecule has 1 aromatic heterocycles. The van der Waals surface area contributed by atoms with Crippen LogP contribution in [0.15, 0.2) is 24.4 Å². The zero-order valence-electron chi connectivity index (χ0n) is 19.5. The van der Waals surface area contributed by atoms with Gasteiger partial charge in [0.1, 0.15) is 11.6 Å². The lowest BCUT2D eigenvalue weighted by molar-refractivity contribution is -0.120. The Labute approximate surface area is 194 Å². The van der Waals surface area contributed by atoms with E-state index >= 15 is 0 Å². The van der Waals surface area contributed by atoms with Crippen LogP contribution in [-0.4, -0.2) is 42.1 Å². The van der Waals surface area contributed by atoms with Crippen LogP contribution in [0.4, 0.5) is 21.8 Å². The van der Waals surface area contributed by atoms with E-state index in [1.807, 2.05) is 6.20 Å². The molecule has 0 atom stereocenters. The van der Waals surface area contributed by atoms with Crippen molar-refractivity contribution in [3.05, 3.63) is 41.3 Å². The number of carbonyl (C=O) groups excluding carboxylic acids is 1. The van der Waals surface area contributed by atoms with E-state index in [1.54, 1.807) is 11.0 Å². The van der Waals surface area contributed by atoms with Gasteiger partial charge in [0.15, 0.2) is 0 Å². The molecule has 33 heavy (non-hydrogen) atoms. The van der Waals surface area contributed by atoms with Crippen molar-refractivity contribution in [3.63, 3.8) is 0 Å². The van der Waals surface area contributed by atoms with Gasteiger partial charge in [0.05, 0.1) is 17.6 Å². The molecule has 1 aromatic carbocycles. The van der Waals surface area contributed by atoms with Crippen molar-refractivity contribution < 1.29 is 9.18 Å². The number of hydrogen-bond acceptors (Lipinski definition) is 6. The van der Waals surface area contributed by atoms with Crippen LogP contribution in [0, 0.1) is 17.7 Å². The monoisotopic (exact) mass is 452 g/mol. The molecule has 1 saturated heterocycles. The van der Waals surface area contributed by atoms with Crippen molar-refractivity contribution in [1.29, 1.82) is 0 Å². The fourth-order valence-electron chi connectivity index (χ4n) is 5.04. The molecule has 0 bridgehead atoms. The standard InChI is InChI=1S/C25H33FN6O/c1-16(2)13-28-22-18(14-29-24(30-22)31-9-5-17(12-27)6-10-31)15-32-21-11-19(26)3-4-20(21)25(7-8-25)23(32)33/h3-4,11,14,16-17H,5-10,12-13,15,27H2,1-2H3,(H,28,29,30). The van der Waals surface area contributed by atoms with Crippen molar-refractivity contribution in [3.8, 4) is 0 Å². The molecule has 0 radical (unpaired) electrons. The summed E-state index contributed by atoms with van der Waals surface area (Å²) in [5, 5.41) is 3.46. The molecule has 5 rings (SSSR count). The number of benzene rings is 1. The lowest BCUT2D eigenvalue weighted by Gasteiger charge is -2.32. The summed E-state index contributed by atoms with van der Waals surface area (Å²) in [5.41, 5.74) is 7.86. The highest BCUT2D eigenvalue weighted by molar-refractivity contribution is 6.10. The second-order valence-corrected chi connectivity index (χ2v) is 10.1. The van der Waals surface area contributed by atoms with Crippen molar-refractivity contribution in [2.75, 3.05) is 41.3 Å². The Bertz CT molecular complexity index is 1050. The Balaban J connectivity index is 1.43. The highest BCUT2D eigenvalue weighted by Crippen LogP contribution is 2.57. The second kappa shape index (κ2) is 8.56. The summed E-state index contributed by atoms with van der Waals surface area (Å²) in [6.45, 7) is 7.89. The number of aromatic nitrogens is 2. The van der Waals surface area contributed by atoms with Crippen LogP contribution in [0.5, 0.6) is 0 Å². The van der Waals surface area contributed by atoms with Gasteiger partial charge in [-0.05, 0) is 61.8 Å². The molecule has 176 valence electrons. The Morgan fingerprint density at radius 2 is 2.03 bits per heavy atom. The van der Waals surface area contributed by atoms with Gasteiger partial charge in [-0.3, -0.25) is 4.79 Å². The molecule has 1 amide bonds. The van der Waals surface area contributed by atoms with E-state index in [0.29, 0.717) is 30.0 Å². The third-order valence-corrected chi connectivity index (χ3v) is 7.26. The Morgan fingerprint density at radius 1 is 1.27 bits per heavy atom. The van der Waals surface area contributed by atoms with Crippen molar-refractivity contribution >= 4 is 23.4 Å². The number of nitrogens with two attached hydrogens (primary N) is 1. The predicted molar refractivity (Wildman–Crippen MR) is 128 cm³/mol. The molecule has 3 N–H and O–H groups in total. The van der Waals surface area contributed by atoms with Crippen molar-refractivity contribution in [2.45, 2.75) is 51.5 Å². The van der Waals surface area contributed by atoms with E-state index in [9.17, 15) is 9.18 Å². The number of fused-ring (bicyclic) bond motifs is 2. The number of carbonyl (C=O) groups is 1. The Hall–Kier alpha value is -2.74. The van der Waals surface area contributed by atoms with Gasteiger partial charge in [-0.25, -0.2) is 9.37 Å². The average Bonchev–Trinajstić information content (AvgIpc) is 3.59. The second-order valence-electron chi connectivity index (χ2n) is 10.1. The first-order valence-electron chi connectivity index (χ1n) is 12.1. The first kappa shape index (κ1) is 22.1. The quantitative estimate of drug-likeness (QED) is 0.669. The maximum Gasteiger partial charge on any atom is 0.238 e. The van der Waals surface area contributed by atoms with Gasteiger partial charge < -0.3 is 20.9 Å². The van der Waals surface area contributed by atoms with Crippen LogP contribution in [-0.2, 0) is 16.8 Å². The van der Waals surface area contributed by atoms with Crippen LogP contribution < -0.4 is 20.9 Å². The average molecular weight is 453 g/mol. The van der Waals surface area contributed by atoms with E-state index < -0.39 is 5.41 Å². The summed E-state index contributed by atoms with van der Waals surface area (Å²) in [4.78, 5) is 26.8. The molecule has 2 fully saturated rings. The molecule has 8 heteroatoms. The topological polar surface area (TPSA) is 87.4 Å². The maximum absolute atomic E-state index is 14.1. The predicted octanol–water partition coefficient (Wildman–Crippen LogP) is 3.44. The van der Waals surface area contributed by atoms with E-state index in [0.717, 1.165) is 68.8 Å². The fraction of sp³-hybridized carbons (Fsp3) is 0.560. The van der Waals surface area contributed by atoms with Gasteiger partial charge in [0.2, 0.25) is 11.9 Å². The van der Waals surface area contributed by atoms with Crippen molar-refractivity contribution in [2.24, 2.45) is 17.6 Å². The number of nitrogens with one attached hydrogen (secondary N) is 1. The summed E-state index contributed by atoms with van der Waals surface area (Å²) in [6, 6.07) is 4.72. The molecule has 3 aliphatic rings. The number of halogens is 1. The van der Waals surface area contributed by atoms with E-state index in [4.69, 9.17) is 10.7 Å². The van der Waals surface area contributed by atoms with Crippen LogP contribution in [0.25, 0.3) is 0 Å². The third kappa shape index (κ3) is 4.05. The lowest BCUT2D eigenvalue weighted by Crippen LogP contribution is -2.37. The van der Waals surface area contributed by atoms with Crippen LogP contribution in [0.1, 0.15) is 50.7 Å². The summed E-state index contributed by atoms with van der Waals surface area (Å²) in [5.74, 6) is 2.20. The maximum atomic E-state index is 14.1. The molecule has 0 unspecified atom stereocenters. The smallest absolute Gasteiger partial charge is 0.238 e. The van der Waals surface area contributed by atoms with Gasteiger partial charge in [-0.1, -0.05) is 19.9 Å². The SMILES string of the molecule is CC(C)CNc1nc(N2CCC(CN)CC2)ncc1CN1C(=O)C2(CC2)c2ccc(F)cc21. The molecular weight excluding hydrogens is 419 g/mol. The number of hydrogen-bond donors (Lipinski definition) is 2. The summed E-state index contributed by atoms with van der Waals surface area (Å²) >= 11 is 0. The largest absolute Gasteiger partial charge is 0.369 e. The van der Waals surface area contributed by atoms with Crippen LogP contribution >= 0.6 is 0 Å². The number of rotatable bonds is 7. The number of piperidine rings is 1. The molecule has 3 heterocycles. The van der Waals surface area contributed by atoms with Gasteiger partial charge in [-0.2, -0.15) is 4.98 Å². The number of nitrogens with zero attached hydrogens (tertiary/aromatic N) is 4. The van der Waals surface area contributed by atoms with E-state index in [1.165, 1.54) is 12.1 Å². The molecule has 2 aliphatic heterocycles. The van der Waals surface area contributed by atoms with Crippen molar-refractivity contribution in [1.82, 2.24) is 9.97 Å². The molecule has 1 aliphatic carbocycles. The number of amides is 1. The molecule has 7 nitrogen and oxygen atoms in total. The first-order chi connectivity index (χ1) is 15.9. The van der Waals surface area contributed by atoms with E-state index in [-0.39, 0.29) is 11.7 Å². The highest BCUT2D eigenvalue weighted by atomic mass is 19.1. The molecule has 2 aromatic rings. The summed E-state index contributed by atoms with van der Waals surface area (Å²) in [6.07, 6.45) is 5.57. The minimum atomic E-state index is -0.456. The minimum Gasteiger partial charge on any atom is -0.369 e. The van der Waals surface area contributed by atoms with Gasteiger partial charge in [0.25, 0.3) is 0 Å². The van der Waals surface area contributed by atoms with Gasteiger partial charge in [-0.15, -0.1) is 0 Å². The third-order valence-electron chi connectivity index (χ3n) is 7.26. The zero-order valence-corrected chi connectivity index (χ0v) is 19.5.